The van der Waals surface area contributed by atoms with Crippen LogP contribution in [0.1, 0.15) is 170 Å². The lowest BCUT2D eigenvalue weighted by Crippen LogP contribution is -2.65. The molecular weight excluding hydrogens is 1010 g/mol. The van der Waals surface area contributed by atoms with Crippen LogP contribution in [0.15, 0.2) is 48.5 Å². The van der Waals surface area contributed by atoms with E-state index in [1.165, 1.54) is 55.4 Å². The topological polar surface area (TPSA) is 235 Å². The van der Waals surface area contributed by atoms with Gasteiger partial charge in [0.05, 0.1) is 41.5 Å². The van der Waals surface area contributed by atoms with Crippen LogP contribution in [0.3, 0.4) is 0 Å². The summed E-state index contributed by atoms with van der Waals surface area (Å²) >= 11 is 0. The third-order valence-corrected chi connectivity index (χ3v) is 12.4. The Morgan fingerprint density at radius 3 is 1.92 bits per heavy atom. The summed E-state index contributed by atoms with van der Waals surface area (Å²) in [5.41, 5.74) is -4.26. The minimum atomic E-state index is -1.78. The molecule has 3 heterocycles. The van der Waals surface area contributed by atoms with Crippen molar-refractivity contribution in [3.05, 3.63) is 70.9 Å². The number of hydrogen-bond donors (Lipinski definition) is 2. The van der Waals surface area contributed by atoms with Gasteiger partial charge < -0.3 is 52.7 Å². The number of hydrogen-bond acceptors (Lipinski definition) is 17. The highest BCUT2D eigenvalue weighted by atomic mass is 16.7. The molecule has 2 saturated heterocycles. The van der Waals surface area contributed by atoms with E-state index in [2.05, 4.69) is 15.5 Å². The number of carbonyl (C=O) groups excluding carboxylic acids is 6. The van der Waals surface area contributed by atoms with E-state index in [1.54, 1.807) is 26.0 Å². The molecule has 5 atom stereocenters. The Morgan fingerprint density at radius 1 is 0.731 bits per heavy atom. The zero-order chi connectivity index (χ0) is 60.8. The van der Waals surface area contributed by atoms with Crippen molar-refractivity contribution in [1.29, 1.82) is 0 Å². The van der Waals surface area contributed by atoms with Crippen molar-refractivity contribution in [3.63, 3.8) is 0 Å². The Labute approximate surface area is 465 Å². The minimum Gasteiger partial charge on any atom is -0.493 e. The van der Waals surface area contributed by atoms with Crippen molar-refractivity contribution in [2.75, 3.05) is 26.4 Å². The van der Waals surface area contributed by atoms with E-state index in [1.807, 2.05) is 50.2 Å². The van der Waals surface area contributed by atoms with E-state index in [0.717, 1.165) is 5.56 Å². The van der Waals surface area contributed by atoms with Gasteiger partial charge in [-0.3, -0.25) is 29.1 Å². The van der Waals surface area contributed by atoms with Gasteiger partial charge in [0.15, 0.2) is 12.2 Å². The fourth-order valence-corrected chi connectivity index (χ4v) is 7.76. The zero-order valence-electron chi connectivity index (χ0n) is 51.5. The van der Waals surface area contributed by atoms with Crippen LogP contribution in [0.5, 0.6) is 17.4 Å². The number of H-pyrrole nitrogens is 1. The van der Waals surface area contributed by atoms with Gasteiger partial charge in [-0.1, -0.05) is 50.2 Å². The third-order valence-electron chi connectivity index (χ3n) is 12.4. The summed E-state index contributed by atoms with van der Waals surface area (Å²) in [7, 11) is 0. The maximum Gasteiger partial charge on any atom is 0.331 e. The highest BCUT2D eigenvalue weighted by Gasteiger charge is 2.56. The molecule has 2 aromatic carbocycles. The minimum absolute atomic E-state index is 0.0498. The first-order chi connectivity index (χ1) is 38.5. The number of amides is 1. The van der Waals surface area contributed by atoms with Crippen molar-refractivity contribution in [1.82, 2.24) is 15.5 Å². The number of esters is 5. The quantitative estimate of drug-likeness (QED) is 0.0575. The van der Waals surface area contributed by atoms with Crippen LogP contribution in [-0.2, 0) is 75.0 Å². The highest BCUT2D eigenvalue weighted by Crippen LogP contribution is 2.39. The Morgan fingerprint density at radius 2 is 1.32 bits per heavy atom. The molecule has 78 heavy (non-hydrogen) atoms. The van der Waals surface area contributed by atoms with Gasteiger partial charge in [-0.15, -0.1) is 5.10 Å². The molecule has 2 aliphatic rings. The van der Waals surface area contributed by atoms with Gasteiger partial charge in [-0.25, -0.2) is 4.79 Å². The Bertz CT molecular complexity index is 2640. The van der Waals surface area contributed by atoms with E-state index in [9.17, 15) is 28.8 Å². The number of aromatic nitrogens is 2. The lowest BCUT2D eigenvalue weighted by molar-refractivity contribution is -0.294. The fraction of sp³-hybridized carbons (Fsp3) is 0.644. The molecule has 2 aliphatic heterocycles. The van der Waals surface area contributed by atoms with Crippen LogP contribution in [0.2, 0.25) is 0 Å². The van der Waals surface area contributed by atoms with E-state index in [0.29, 0.717) is 60.8 Å². The molecule has 2 fully saturated rings. The highest BCUT2D eigenvalue weighted by molar-refractivity contribution is 5.87. The number of carbonyl (C=O) groups is 6. The molecule has 0 bridgehead atoms. The number of aromatic amines is 1. The second-order valence-electron chi connectivity index (χ2n) is 23.5. The van der Waals surface area contributed by atoms with Crippen LogP contribution in [0.4, 0.5) is 0 Å². The fourth-order valence-electron chi connectivity index (χ4n) is 7.76. The SMILES string of the molecule is [2H]CC(C)(C)C(=O)OC[C@H]1OC(Oc2n[nH]c(C(C)C)c2Cc2ccc(OCCCC(=O)NC(C)(C)C(=O)OCc3ccccc3)cc2OC2CCOCC2)[C@H](OC(=O)C(C)(C)C[2H])[C@@H](OC(=O)C(C)(C)C[2H])[C@@H]1OC(=O)C(C)(C)C[2H]. The number of rotatable bonds is 21. The lowest BCUT2D eigenvalue weighted by atomic mass is 9.93. The summed E-state index contributed by atoms with van der Waals surface area (Å²) in [5.74, 6) is -3.86. The Balaban J connectivity index is 1.51. The number of nitrogens with zero attached hydrogens (tertiary/aromatic N) is 1. The van der Waals surface area contributed by atoms with E-state index >= 15 is 0 Å². The van der Waals surface area contributed by atoms with Crippen molar-refractivity contribution in [2.45, 2.75) is 198 Å². The summed E-state index contributed by atoms with van der Waals surface area (Å²) in [6, 6.07) is 14.6. The van der Waals surface area contributed by atoms with Crippen LogP contribution in [0.25, 0.3) is 0 Å². The molecule has 5 rings (SSSR count). The monoisotopic (exact) mass is 1100 g/mol. The van der Waals surface area contributed by atoms with Gasteiger partial charge in [-0.2, -0.15) is 0 Å². The molecule has 2 N–H and O–H groups in total. The van der Waals surface area contributed by atoms with E-state index in [4.69, 9.17) is 52.9 Å². The van der Waals surface area contributed by atoms with Crippen molar-refractivity contribution < 1.29 is 81.6 Å². The number of benzene rings is 2. The van der Waals surface area contributed by atoms with Crippen molar-refractivity contribution in [3.8, 4) is 17.4 Å². The Hall–Kier alpha value is -6.21. The molecule has 1 unspecified atom stereocenters. The summed E-state index contributed by atoms with van der Waals surface area (Å²) < 4.78 is 93.9. The molecule has 0 radical (unpaired) electrons. The maximum atomic E-state index is 14.2. The van der Waals surface area contributed by atoms with Crippen LogP contribution in [-0.4, -0.2) is 115 Å². The molecule has 0 saturated carbocycles. The predicted octanol–water partition coefficient (Wildman–Crippen LogP) is 9.05. The molecule has 432 valence electrons. The van der Waals surface area contributed by atoms with Gasteiger partial charge in [0.1, 0.15) is 42.5 Å². The number of ether oxygens (including phenoxy) is 10. The Kier molecular flexibility index (Phi) is 19.0. The molecule has 1 amide bonds. The maximum absolute atomic E-state index is 14.2. The summed E-state index contributed by atoms with van der Waals surface area (Å²) in [6.07, 6.45) is -7.06. The van der Waals surface area contributed by atoms with Gasteiger partial charge in [0, 0.05) is 48.5 Å². The van der Waals surface area contributed by atoms with Crippen molar-refractivity contribution >= 4 is 35.8 Å². The zero-order valence-corrected chi connectivity index (χ0v) is 47.5. The standard InChI is InChI=1S/C59H85N3O16/c1-35(2)44-40(31-37-24-25-39(32-41(37)73-38-26-29-69-30-27-38)70-28-20-23-43(63)60-59(15,16)54(68)71-33-36-21-18-17-19-22-36)48(62-61-44)78-49-47(77-53(67)58(12,13)14)46(76-52(66)57(9,10)11)45(75-51(65)56(6,7)8)42(74-49)34-72-50(64)55(3,4)5/h17-19,21-22,24-25,32,35,38,42,45-47,49H,20,23,26-31,33-34H2,1-16H3,(H,60,63)(H,61,62)/t42-,45-,46+,47-,49?/m1/s1/i3D,6D,9D,12D. The summed E-state index contributed by atoms with van der Waals surface area (Å²) in [6.45, 7) is 17.8. The van der Waals surface area contributed by atoms with Gasteiger partial charge in [-0.05, 0) is 126 Å². The molecule has 19 heteroatoms. The van der Waals surface area contributed by atoms with E-state index < -0.39 is 115 Å². The molecule has 3 aromatic rings. The molecular formula is C59H85N3O16. The average Bonchev–Trinajstić information content (AvgIpc) is 3.98. The smallest absolute Gasteiger partial charge is 0.331 e. The summed E-state index contributed by atoms with van der Waals surface area (Å²) in [4.78, 5) is 81.7. The van der Waals surface area contributed by atoms with Crippen LogP contribution in [0, 0.1) is 21.7 Å². The second kappa shape index (κ2) is 26.2. The number of nitrogens with one attached hydrogen (secondary N) is 2. The second-order valence-corrected chi connectivity index (χ2v) is 23.5. The van der Waals surface area contributed by atoms with Gasteiger partial charge >= 0.3 is 29.8 Å². The first-order valence-electron chi connectivity index (χ1n) is 29.2. The predicted molar refractivity (Wildman–Crippen MR) is 287 cm³/mol. The van der Waals surface area contributed by atoms with Crippen LogP contribution < -0.4 is 19.5 Å². The molecule has 0 spiro atoms. The van der Waals surface area contributed by atoms with Crippen LogP contribution >= 0.6 is 0 Å². The van der Waals surface area contributed by atoms with E-state index in [-0.39, 0.29) is 56.8 Å². The third kappa shape index (κ3) is 17.9. The first-order valence-corrected chi connectivity index (χ1v) is 26.4. The van der Waals surface area contributed by atoms with Crippen molar-refractivity contribution in [2.24, 2.45) is 21.7 Å². The summed E-state index contributed by atoms with van der Waals surface area (Å²) in [5, 5.41) is 10.4. The first kappa shape index (κ1) is 56.5. The molecule has 19 nitrogen and oxygen atoms in total. The normalized spacial score (nSPS) is 20.2. The van der Waals surface area contributed by atoms with Gasteiger partial charge in [0.2, 0.25) is 24.2 Å². The molecule has 0 aliphatic carbocycles. The van der Waals surface area contributed by atoms with Gasteiger partial charge in [0.25, 0.3) is 0 Å². The lowest BCUT2D eigenvalue weighted by Gasteiger charge is -2.45. The average molecular weight is 1100 g/mol. The molecule has 1 aromatic heterocycles. The largest absolute Gasteiger partial charge is 0.493 e.